The van der Waals surface area contributed by atoms with Crippen LogP contribution in [0.3, 0.4) is 0 Å². The number of fused-ring (bicyclic) bond motifs is 1. The largest absolute Gasteiger partial charge is 0.448 e. The molecule has 0 aliphatic carbocycles. The van der Waals surface area contributed by atoms with Crippen molar-refractivity contribution in [3.63, 3.8) is 0 Å². The predicted molar refractivity (Wildman–Crippen MR) is 51.8 cm³/mol. The van der Waals surface area contributed by atoms with E-state index in [1.165, 1.54) is 0 Å². The fourth-order valence-corrected chi connectivity index (χ4v) is 1.30. The molecule has 0 fully saturated rings. The molecule has 0 spiro atoms. The average Bonchev–Trinajstić information content (AvgIpc) is 2.58. The second-order valence-electron chi connectivity index (χ2n) is 2.80. The van der Waals surface area contributed by atoms with E-state index in [1.54, 1.807) is 6.26 Å². The fourth-order valence-electron chi connectivity index (χ4n) is 1.30. The first-order valence-corrected chi connectivity index (χ1v) is 4.23. The highest BCUT2D eigenvalue weighted by atomic mass is 16.3. The molecule has 3 heteroatoms. The highest BCUT2D eigenvalue weighted by Gasteiger charge is 2.02. The number of aliphatic hydroxyl groups is 1. The molecule has 0 atom stereocenters. The maximum Gasteiger partial charge on any atom is 0.200 e. The lowest BCUT2D eigenvalue weighted by Gasteiger charge is -1.99. The summed E-state index contributed by atoms with van der Waals surface area (Å²) < 4.78 is 5.29. The molecule has 0 amide bonds. The van der Waals surface area contributed by atoms with Crippen molar-refractivity contribution in [3.05, 3.63) is 30.5 Å². The summed E-state index contributed by atoms with van der Waals surface area (Å²) in [6.07, 6.45) is 1.70. The first-order valence-electron chi connectivity index (χ1n) is 4.23. The van der Waals surface area contributed by atoms with Gasteiger partial charge >= 0.3 is 0 Å². The number of nitrogens with one attached hydrogen (secondary N) is 1. The number of hydrogen-bond acceptors (Lipinski definition) is 3. The van der Waals surface area contributed by atoms with Crippen LogP contribution in [0.4, 0.5) is 5.88 Å². The normalized spacial score (nSPS) is 10.5. The summed E-state index contributed by atoms with van der Waals surface area (Å²) in [5.41, 5.74) is 0. The molecule has 0 saturated heterocycles. The van der Waals surface area contributed by atoms with Crippen molar-refractivity contribution in [2.24, 2.45) is 0 Å². The Bertz CT molecular complexity index is 394. The first kappa shape index (κ1) is 8.13. The Kier molecular flexibility index (Phi) is 2.19. The van der Waals surface area contributed by atoms with Gasteiger partial charge in [0.15, 0.2) is 0 Å². The number of furan rings is 1. The third-order valence-electron chi connectivity index (χ3n) is 1.91. The minimum Gasteiger partial charge on any atom is -0.448 e. The zero-order chi connectivity index (χ0) is 9.10. The molecule has 68 valence electrons. The van der Waals surface area contributed by atoms with Crippen molar-refractivity contribution in [1.29, 1.82) is 0 Å². The van der Waals surface area contributed by atoms with Crippen molar-refractivity contribution in [2.45, 2.75) is 0 Å². The van der Waals surface area contributed by atoms with Crippen LogP contribution in [0.15, 0.2) is 34.9 Å². The molecule has 2 aromatic rings. The number of rotatable bonds is 3. The van der Waals surface area contributed by atoms with Crippen molar-refractivity contribution in [3.8, 4) is 0 Å². The van der Waals surface area contributed by atoms with Crippen molar-refractivity contribution in [1.82, 2.24) is 0 Å². The van der Waals surface area contributed by atoms with E-state index in [0.29, 0.717) is 6.54 Å². The molecule has 0 saturated carbocycles. The number of hydrogen-bond donors (Lipinski definition) is 2. The maximum atomic E-state index is 8.63. The summed E-state index contributed by atoms with van der Waals surface area (Å²) in [5.74, 6) is 0.727. The Hall–Kier alpha value is -1.48. The van der Waals surface area contributed by atoms with Gasteiger partial charge in [-0.05, 0) is 6.07 Å². The van der Waals surface area contributed by atoms with Crippen LogP contribution < -0.4 is 5.32 Å². The van der Waals surface area contributed by atoms with E-state index in [2.05, 4.69) is 5.32 Å². The summed E-state index contributed by atoms with van der Waals surface area (Å²) in [6, 6.07) is 7.90. The summed E-state index contributed by atoms with van der Waals surface area (Å²) >= 11 is 0. The Labute approximate surface area is 76.0 Å². The second-order valence-corrected chi connectivity index (χ2v) is 2.80. The van der Waals surface area contributed by atoms with E-state index in [9.17, 15) is 0 Å². The molecule has 0 aliphatic heterocycles. The molecule has 0 unspecified atom stereocenters. The molecule has 1 aromatic carbocycles. The van der Waals surface area contributed by atoms with Crippen LogP contribution in [-0.2, 0) is 0 Å². The Morgan fingerprint density at radius 2 is 2.15 bits per heavy atom. The van der Waals surface area contributed by atoms with Gasteiger partial charge in [-0.3, -0.25) is 0 Å². The molecule has 0 bridgehead atoms. The summed E-state index contributed by atoms with van der Waals surface area (Å²) in [7, 11) is 0. The van der Waals surface area contributed by atoms with Crippen molar-refractivity contribution < 1.29 is 9.52 Å². The Morgan fingerprint density at radius 1 is 1.31 bits per heavy atom. The standard InChI is InChI=1S/C10H11NO2/c12-6-5-11-10-9-4-2-1-3-8(9)7-13-10/h1-4,7,11-12H,5-6H2. The van der Waals surface area contributed by atoms with E-state index < -0.39 is 0 Å². The molecule has 1 aromatic heterocycles. The van der Waals surface area contributed by atoms with Gasteiger partial charge in [-0.25, -0.2) is 0 Å². The highest BCUT2D eigenvalue weighted by molar-refractivity contribution is 5.91. The Morgan fingerprint density at radius 3 is 3.00 bits per heavy atom. The summed E-state index contributed by atoms with van der Waals surface area (Å²) in [6.45, 7) is 0.618. The van der Waals surface area contributed by atoms with E-state index in [-0.39, 0.29) is 6.61 Å². The van der Waals surface area contributed by atoms with Gasteiger partial charge in [-0.1, -0.05) is 18.2 Å². The molecular formula is C10H11NO2. The first-order chi connectivity index (χ1) is 6.42. The van der Waals surface area contributed by atoms with Gasteiger partial charge in [0.1, 0.15) is 6.26 Å². The zero-order valence-corrected chi connectivity index (χ0v) is 7.16. The number of aliphatic hydroxyl groups excluding tert-OH is 1. The molecule has 0 radical (unpaired) electrons. The van der Waals surface area contributed by atoms with E-state index in [0.717, 1.165) is 16.7 Å². The molecule has 2 rings (SSSR count). The SMILES string of the molecule is OCCNc1occ2ccccc12. The van der Waals surface area contributed by atoms with Gasteiger partial charge in [0.05, 0.1) is 6.61 Å². The highest BCUT2D eigenvalue weighted by Crippen LogP contribution is 2.24. The summed E-state index contributed by atoms with van der Waals surface area (Å²) in [5, 5.41) is 13.8. The van der Waals surface area contributed by atoms with Crippen molar-refractivity contribution in [2.75, 3.05) is 18.5 Å². The third-order valence-corrected chi connectivity index (χ3v) is 1.91. The molecule has 2 N–H and O–H groups in total. The molecular weight excluding hydrogens is 166 g/mol. The molecule has 1 heterocycles. The van der Waals surface area contributed by atoms with Crippen LogP contribution in [0, 0.1) is 0 Å². The van der Waals surface area contributed by atoms with Gasteiger partial charge in [-0.15, -0.1) is 0 Å². The second kappa shape index (κ2) is 3.49. The minimum absolute atomic E-state index is 0.106. The lowest BCUT2D eigenvalue weighted by Crippen LogP contribution is -2.04. The lowest BCUT2D eigenvalue weighted by molar-refractivity contribution is 0.310. The topological polar surface area (TPSA) is 45.4 Å². The number of benzene rings is 1. The van der Waals surface area contributed by atoms with Crippen LogP contribution in [0.1, 0.15) is 0 Å². The van der Waals surface area contributed by atoms with Gasteiger partial charge in [0, 0.05) is 17.3 Å². The number of anilines is 1. The van der Waals surface area contributed by atoms with Gasteiger partial charge in [0.2, 0.25) is 5.88 Å². The zero-order valence-electron chi connectivity index (χ0n) is 7.16. The fraction of sp³-hybridized carbons (Fsp3) is 0.200. The van der Waals surface area contributed by atoms with E-state index >= 15 is 0 Å². The van der Waals surface area contributed by atoms with Crippen LogP contribution in [-0.4, -0.2) is 18.3 Å². The van der Waals surface area contributed by atoms with E-state index in [4.69, 9.17) is 9.52 Å². The smallest absolute Gasteiger partial charge is 0.200 e. The molecule has 3 nitrogen and oxygen atoms in total. The van der Waals surface area contributed by atoms with Crippen molar-refractivity contribution >= 4 is 16.7 Å². The van der Waals surface area contributed by atoms with Crippen LogP contribution in [0.5, 0.6) is 0 Å². The monoisotopic (exact) mass is 177 g/mol. The van der Waals surface area contributed by atoms with Crippen LogP contribution >= 0.6 is 0 Å². The van der Waals surface area contributed by atoms with Gasteiger partial charge in [-0.2, -0.15) is 0 Å². The minimum atomic E-state index is 0.106. The average molecular weight is 177 g/mol. The molecule has 13 heavy (non-hydrogen) atoms. The van der Waals surface area contributed by atoms with E-state index in [1.807, 2.05) is 24.3 Å². The van der Waals surface area contributed by atoms with Crippen LogP contribution in [0.25, 0.3) is 10.8 Å². The third kappa shape index (κ3) is 1.51. The Balaban J connectivity index is 2.35. The summed E-state index contributed by atoms with van der Waals surface area (Å²) in [4.78, 5) is 0. The lowest BCUT2D eigenvalue weighted by atomic mass is 10.2. The van der Waals surface area contributed by atoms with Gasteiger partial charge < -0.3 is 14.8 Å². The predicted octanol–water partition coefficient (Wildman–Crippen LogP) is 1.84. The van der Waals surface area contributed by atoms with Gasteiger partial charge in [0.25, 0.3) is 0 Å². The molecule has 0 aliphatic rings. The maximum absolute atomic E-state index is 8.63. The van der Waals surface area contributed by atoms with Crippen LogP contribution in [0.2, 0.25) is 0 Å². The quantitative estimate of drug-likeness (QED) is 0.751.